The van der Waals surface area contributed by atoms with E-state index in [2.05, 4.69) is 10.2 Å². The summed E-state index contributed by atoms with van der Waals surface area (Å²) < 4.78 is 42.8. The average molecular weight is 346 g/mol. The van der Waals surface area contributed by atoms with Crippen LogP contribution in [0.1, 0.15) is 0 Å². The van der Waals surface area contributed by atoms with Crippen LogP contribution in [0.4, 0.5) is 8.78 Å². The topological polar surface area (TPSA) is 56.4 Å². The summed E-state index contributed by atoms with van der Waals surface area (Å²) in [5.74, 6) is -0.407. The number of H-pyrrole nitrogens is 1. The van der Waals surface area contributed by atoms with Gasteiger partial charge < -0.3 is 14.2 Å². The Balaban J connectivity index is 2.15. The Morgan fingerprint density at radius 3 is 2.08 bits per heavy atom. The lowest BCUT2D eigenvalue weighted by Gasteiger charge is -2.14. The number of rotatable bonds is 5. The van der Waals surface area contributed by atoms with E-state index in [0.717, 1.165) is 17.7 Å². The summed E-state index contributed by atoms with van der Waals surface area (Å²) in [4.78, 5) is 0. The van der Waals surface area contributed by atoms with E-state index in [4.69, 9.17) is 14.2 Å². The Morgan fingerprint density at radius 2 is 1.52 bits per heavy atom. The molecular formula is C18H16F2N2O3. The molecule has 0 unspecified atom stereocenters. The zero-order valence-electron chi connectivity index (χ0n) is 13.9. The second-order valence-corrected chi connectivity index (χ2v) is 5.20. The molecule has 7 heteroatoms. The van der Waals surface area contributed by atoms with Crippen LogP contribution in [-0.2, 0) is 0 Å². The Bertz CT molecular complexity index is 884. The Hall–Kier alpha value is -3.09. The maximum absolute atomic E-state index is 13.6. The number of hydrogen-bond donors (Lipinski definition) is 1. The van der Waals surface area contributed by atoms with Gasteiger partial charge in [-0.05, 0) is 35.9 Å². The van der Waals surface area contributed by atoms with Crippen molar-refractivity contribution in [2.24, 2.45) is 0 Å². The van der Waals surface area contributed by atoms with Crippen molar-refractivity contribution >= 4 is 0 Å². The maximum Gasteiger partial charge on any atom is 0.203 e. The van der Waals surface area contributed by atoms with Gasteiger partial charge in [0.15, 0.2) is 23.1 Å². The van der Waals surface area contributed by atoms with Gasteiger partial charge in [-0.15, -0.1) is 0 Å². The lowest BCUT2D eigenvalue weighted by molar-refractivity contribution is 0.324. The first-order valence-electron chi connectivity index (χ1n) is 7.38. The smallest absolute Gasteiger partial charge is 0.203 e. The number of halogens is 2. The van der Waals surface area contributed by atoms with Crippen molar-refractivity contribution in [2.45, 2.75) is 0 Å². The number of benzene rings is 2. The second kappa shape index (κ2) is 6.80. The maximum atomic E-state index is 13.6. The van der Waals surface area contributed by atoms with Crippen LogP contribution in [0.25, 0.3) is 22.4 Å². The number of methoxy groups -OCH3 is 3. The molecule has 0 fully saturated rings. The van der Waals surface area contributed by atoms with Gasteiger partial charge in [-0.1, -0.05) is 0 Å². The van der Waals surface area contributed by atoms with Gasteiger partial charge in [0, 0.05) is 11.1 Å². The Morgan fingerprint density at radius 1 is 0.840 bits per heavy atom. The Labute approximate surface area is 143 Å². The molecule has 130 valence electrons. The first-order chi connectivity index (χ1) is 12.1. The quantitative estimate of drug-likeness (QED) is 0.757. The highest BCUT2D eigenvalue weighted by Crippen LogP contribution is 2.42. The number of ether oxygens (including phenoxy) is 3. The van der Waals surface area contributed by atoms with Crippen LogP contribution in [-0.4, -0.2) is 31.5 Å². The van der Waals surface area contributed by atoms with Gasteiger partial charge >= 0.3 is 0 Å². The van der Waals surface area contributed by atoms with Crippen LogP contribution >= 0.6 is 0 Å². The molecule has 2 aromatic carbocycles. The van der Waals surface area contributed by atoms with Crippen LogP contribution in [0.15, 0.2) is 36.5 Å². The molecule has 1 N–H and O–H groups in total. The molecule has 1 heterocycles. The third-order valence-electron chi connectivity index (χ3n) is 3.82. The molecule has 0 aliphatic rings. The fourth-order valence-electron chi connectivity index (χ4n) is 2.61. The molecule has 1 aromatic heterocycles. The van der Waals surface area contributed by atoms with E-state index in [0.29, 0.717) is 34.1 Å². The zero-order valence-corrected chi connectivity index (χ0v) is 13.9. The monoisotopic (exact) mass is 346 g/mol. The normalized spacial score (nSPS) is 10.6. The molecule has 0 atom stereocenters. The summed E-state index contributed by atoms with van der Waals surface area (Å²) in [7, 11) is 4.56. The minimum Gasteiger partial charge on any atom is -0.493 e. The molecule has 0 bridgehead atoms. The molecule has 0 aliphatic heterocycles. The predicted octanol–water partition coefficient (Wildman–Crippen LogP) is 4.05. The molecule has 0 saturated heterocycles. The van der Waals surface area contributed by atoms with E-state index in [1.807, 2.05) is 0 Å². The van der Waals surface area contributed by atoms with Crippen LogP contribution in [0.3, 0.4) is 0 Å². The predicted molar refractivity (Wildman–Crippen MR) is 89.0 cm³/mol. The second-order valence-electron chi connectivity index (χ2n) is 5.20. The first kappa shape index (κ1) is 16.8. The zero-order chi connectivity index (χ0) is 18.0. The van der Waals surface area contributed by atoms with Crippen molar-refractivity contribution in [3.63, 3.8) is 0 Å². The minimum atomic E-state index is -0.928. The average Bonchev–Trinajstić information content (AvgIpc) is 3.12. The third-order valence-corrected chi connectivity index (χ3v) is 3.82. The van der Waals surface area contributed by atoms with Gasteiger partial charge in [-0.2, -0.15) is 5.10 Å². The highest BCUT2D eigenvalue weighted by molar-refractivity contribution is 5.82. The standard InChI is InChI=1S/C18H16F2N2O3/c1-23-15-7-11(8-16(24-2)18(15)25-3)12-9-21-22-17(12)10-4-5-13(19)14(20)6-10/h4-9H,1-3H3,(H,21,22). The molecule has 3 aromatic rings. The van der Waals surface area contributed by atoms with Crippen molar-refractivity contribution in [1.82, 2.24) is 10.2 Å². The Kier molecular flexibility index (Phi) is 4.56. The van der Waals surface area contributed by atoms with Gasteiger partial charge in [0.05, 0.1) is 33.2 Å². The molecular weight excluding hydrogens is 330 g/mol. The van der Waals surface area contributed by atoms with Gasteiger partial charge in [0.2, 0.25) is 5.75 Å². The number of nitrogens with one attached hydrogen (secondary N) is 1. The van der Waals surface area contributed by atoms with Crippen LogP contribution in [0, 0.1) is 11.6 Å². The molecule has 0 spiro atoms. The third kappa shape index (κ3) is 3.00. The SMILES string of the molecule is COc1cc(-c2cn[nH]c2-c2ccc(F)c(F)c2)cc(OC)c1OC. The number of hydrogen-bond acceptors (Lipinski definition) is 4. The minimum absolute atomic E-state index is 0.464. The van der Waals surface area contributed by atoms with Crippen molar-refractivity contribution in [3.05, 3.63) is 48.2 Å². The van der Waals surface area contributed by atoms with E-state index in [-0.39, 0.29) is 0 Å². The van der Waals surface area contributed by atoms with Crippen molar-refractivity contribution in [2.75, 3.05) is 21.3 Å². The van der Waals surface area contributed by atoms with Crippen LogP contribution in [0.5, 0.6) is 17.2 Å². The fourth-order valence-corrected chi connectivity index (χ4v) is 2.61. The largest absolute Gasteiger partial charge is 0.493 e. The highest BCUT2D eigenvalue weighted by Gasteiger charge is 2.18. The molecule has 5 nitrogen and oxygen atoms in total. The van der Waals surface area contributed by atoms with E-state index in [1.54, 1.807) is 18.3 Å². The molecule has 3 rings (SSSR count). The van der Waals surface area contributed by atoms with E-state index in [9.17, 15) is 8.78 Å². The molecule has 0 aliphatic carbocycles. The molecule has 0 amide bonds. The number of nitrogens with zero attached hydrogens (tertiary/aromatic N) is 1. The van der Waals surface area contributed by atoms with E-state index in [1.165, 1.54) is 27.4 Å². The van der Waals surface area contributed by atoms with Gasteiger partial charge in [0.1, 0.15) is 0 Å². The van der Waals surface area contributed by atoms with Crippen LogP contribution < -0.4 is 14.2 Å². The van der Waals surface area contributed by atoms with Crippen LogP contribution in [0.2, 0.25) is 0 Å². The van der Waals surface area contributed by atoms with Crippen molar-refractivity contribution in [1.29, 1.82) is 0 Å². The van der Waals surface area contributed by atoms with E-state index < -0.39 is 11.6 Å². The summed E-state index contributed by atoms with van der Waals surface area (Å²) >= 11 is 0. The first-order valence-corrected chi connectivity index (χ1v) is 7.38. The fraction of sp³-hybridized carbons (Fsp3) is 0.167. The lowest BCUT2D eigenvalue weighted by Crippen LogP contribution is -1.96. The summed E-state index contributed by atoms with van der Waals surface area (Å²) in [5, 5.41) is 6.85. The van der Waals surface area contributed by atoms with Gasteiger partial charge in [0.25, 0.3) is 0 Å². The number of aromatic amines is 1. The van der Waals surface area contributed by atoms with Crippen molar-refractivity contribution in [3.8, 4) is 39.6 Å². The van der Waals surface area contributed by atoms with Gasteiger partial charge in [-0.3, -0.25) is 5.10 Å². The molecule has 0 radical (unpaired) electrons. The summed E-state index contributed by atoms with van der Waals surface area (Å²) in [6.07, 6.45) is 1.59. The molecule has 25 heavy (non-hydrogen) atoms. The highest BCUT2D eigenvalue weighted by atomic mass is 19.2. The van der Waals surface area contributed by atoms with E-state index >= 15 is 0 Å². The summed E-state index contributed by atoms with van der Waals surface area (Å²) in [6, 6.07) is 7.19. The summed E-state index contributed by atoms with van der Waals surface area (Å²) in [5.41, 5.74) is 2.43. The van der Waals surface area contributed by atoms with Crippen molar-refractivity contribution < 1.29 is 23.0 Å². The number of aromatic nitrogens is 2. The van der Waals surface area contributed by atoms with Gasteiger partial charge in [-0.25, -0.2) is 8.78 Å². The summed E-state index contributed by atoms with van der Waals surface area (Å²) in [6.45, 7) is 0. The molecule has 0 saturated carbocycles. The lowest BCUT2D eigenvalue weighted by atomic mass is 10.0.